The van der Waals surface area contributed by atoms with Crippen molar-refractivity contribution >= 4 is 28.3 Å². The largest absolute Gasteiger partial charge is 0.341 e. The zero-order valence-electron chi connectivity index (χ0n) is 15.6. The van der Waals surface area contributed by atoms with Gasteiger partial charge in [-0.1, -0.05) is 17.7 Å². The summed E-state index contributed by atoms with van der Waals surface area (Å²) in [5.74, 6) is -2.23. The summed E-state index contributed by atoms with van der Waals surface area (Å²) in [6, 6.07) is 6.11. The number of ketones is 1. The summed E-state index contributed by atoms with van der Waals surface area (Å²) < 4.78 is 28.8. The Bertz CT molecular complexity index is 847. The molecule has 2 aromatic rings. The summed E-state index contributed by atoms with van der Waals surface area (Å²) in [5.41, 5.74) is 1.67. The van der Waals surface area contributed by atoms with Gasteiger partial charge < -0.3 is 9.47 Å². The third-order valence-corrected chi connectivity index (χ3v) is 6.48. The Labute approximate surface area is 163 Å². The molecule has 0 radical (unpaired) electrons. The maximum absolute atomic E-state index is 13.3. The number of benzene rings is 1. The van der Waals surface area contributed by atoms with E-state index in [-0.39, 0.29) is 24.5 Å². The molecule has 27 heavy (non-hydrogen) atoms. The number of carbonyl (C=O) groups is 1. The predicted molar refractivity (Wildman–Crippen MR) is 104 cm³/mol. The minimum Gasteiger partial charge on any atom is -0.341 e. The Kier molecular flexibility index (Phi) is 5.02. The molecule has 1 aromatic carbocycles. The Morgan fingerprint density at radius 2 is 1.96 bits per heavy atom. The fourth-order valence-electron chi connectivity index (χ4n) is 4.48. The summed E-state index contributed by atoms with van der Waals surface area (Å²) in [5, 5.41) is 1.42. The Morgan fingerprint density at radius 3 is 2.63 bits per heavy atom. The number of Topliss-reactive ketones (excluding diaryl/α,β-unsaturated/α-hetero) is 1. The highest BCUT2D eigenvalue weighted by molar-refractivity contribution is 6.37. The minimum atomic E-state index is -2.52. The monoisotopic (exact) mass is 394 g/mol. The van der Waals surface area contributed by atoms with E-state index in [9.17, 15) is 13.6 Å². The van der Waals surface area contributed by atoms with Crippen molar-refractivity contribution in [1.82, 2.24) is 9.47 Å². The van der Waals surface area contributed by atoms with Crippen LogP contribution in [0.3, 0.4) is 0 Å². The van der Waals surface area contributed by atoms with E-state index in [1.807, 2.05) is 24.4 Å². The van der Waals surface area contributed by atoms with Crippen LogP contribution in [-0.4, -0.2) is 41.3 Å². The van der Waals surface area contributed by atoms with Crippen molar-refractivity contribution < 1.29 is 13.6 Å². The smallest absolute Gasteiger partial charge is 0.248 e. The molecule has 1 saturated carbocycles. The summed E-state index contributed by atoms with van der Waals surface area (Å²) in [6.45, 7) is 1.92. The van der Waals surface area contributed by atoms with Crippen LogP contribution in [0.5, 0.6) is 0 Å². The molecular formula is C21H25ClF2N2O. The third-order valence-electron chi connectivity index (χ3n) is 6.16. The van der Waals surface area contributed by atoms with Crippen molar-refractivity contribution in [3.8, 4) is 0 Å². The first-order chi connectivity index (χ1) is 12.8. The zero-order valence-corrected chi connectivity index (χ0v) is 16.3. The maximum atomic E-state index is 13.3. The van der Waals surface area contributed by atoms with Gasteiger partial charge in [-0.15, -0.1) is 0 Å². The highest BCUT2D eigenvalue weighted by atomic mass is 35.5. The molecule has 2 fully saturated rings. The quantitative estimate of drug-likeness (QED) is 0.619. The molecule has 0 unspecified atom stereocenters. The maximum Gasteiger partial charge on any atom is 0.248 e. The molecule has 146 valence electrons. The van der Waals surface area contributed by atoms with Crippen molar-refractivity contribution in [2.24, 2.45) is 5.92 Å². The average molecular weight is 395 g/mol. The van der Waals surface area contributed by atoms with Crippen molar-refractivity contribution in [2.45, 2.75) is 50.5 Å². The van der Waals surface area contributed by atoms with Gasteiger partial charge in [0, 0.05) is 49.5 Å². The van der Waals surface area contributed by atoms with E-state index in [1.54, 1.807) is 0 Å². The van der Waals surface area contributed by atoms with Gasteiger partial charge >= 0.3 is 0 Å². The molecular weight excluding hydrogens is 370 g/mol. The number of hydrogen-bond acceptors (Lipinski definition) is 2. The number of likely N-dealkylation sites (N-methyl/N-ethyl adjacent to an activating group) is 1. The van der Waals surface area contributed by atoms with Gasteiger partial charge in [-0.3, -0.25) is 4.79 Å². The van der Waals surface area contributed by atoms with Gasteiger partial charge in [-0.2, -0.15) is 0 Å². The highest BCUT2D eigenvalue weighted by Crippen LogP contribution is 2.39. The van der Waals surface area contributed by atoms with Crippen molar-refractivity contribution in [1.29, 1.82) is 0 Å². The molecule has 6 heteroatoms. The Morgan fingerprint density at radius 1 is 1.26 bits per heavy atom. The number of aromatic nitrogens is 1. The minimum absolute atomic E-state index is 0.0494. The van der Waals surface area contributed by atoms with Crippen LogP contribution >= 0.6 is 11.6 Å². The number of fused-ring (bicyclic) bond motifs is 1. The average Bonchev–Trinajstić information content (AvgIpc) is 2.98. The van der Waals surface area contributed by atoms with Crippen LogP contribution in [0, 0.1) is 5.92 Å². The normalized spacial score (nSPS) is 21.5. The van der Waals surface area contributed by atoms with Crippen molar-refractivity contribution in [3.05, 3.63) is 35.0 Å². The Balaban J connectivity index is 1.52. The third kappa shape index (κ3) is 3.77. The van der Waals surface area contributed by atoms with E-state index in [1.165, 1.54) is 0 Å². The molecule has 2 aliphatic rings. The fraction of sp³-hybridized carbons (Fsp3) is 0.571. The molecule has 1 aromatic heterocycles. The van der Waals surface area contributed by atoms with Gasteiger partial charge in [0.15, 0.2) is 5.78 Å². The molecule has 1 aliphatic heterocycles. The summed E-state index contributed by atoms with van der Waals surface area (Å²) in [6.07, 6.45) is 3.95. The number of nitrogens with zero attached hydrogens (tertiary/aromatic N) is 2. The number of likely N-dealkylation sites (tertiary alicyclic amines) is 1. The molecule has 0 N–H and O–H groups in total. The number of carbonyl (C=O) groups excluding carboxylic acids is 1. The molecule has 0 amide bonds. The zero-order chi connectivity index (χ0) is 19.2. The van der Waals surface area contributed by atoms with E-state index in [0.29, 0.717) is 42.3 Å². The summed E-state index contributed by atoms with van der Waals surface area (Å²) in [7, 11) is 2.08. The number of hydrogen-bond donors (Lipinski definition) is 0. The van der Waals surface area contributed by atoms with E-state index in [4.69, 9.17) is 11.6 Å². The van der Waals surface area contributed by atoms with Gasteiger partial charge in [0.1, 0.15) is 0 Å². The van der Waals surface area contributed by atoms with Gasteiger partial charge in [0.05, 0.1) is 16.6 Å². The van der Waals surface area contributed by atoms with Gasteiger partial charge in [-0.05, 0) is 44.4 Å². The van der Waals surface area contributed by atoms with E-state index in [2.05, 4.69) is 16.5 Å². The highest BCUT2D eigenvalue weighted by Gasteiger charge is 2.35. The second-order valence-corrected chi connectivity index (χ2v) is 8.63. The SMILES string of the molecule is CN1CC(n2cc(C(=O)CCC3CCC(F)(F)CC3)c3c(Cl)cccc32)C1. The number of halogens is 3. The molecule has 0 spiro atoms. The molecule has 4 rings (SSSR count). The van der Waals surface area contributed by atoms with Crippen molar-refractivity contribution in [2.75, 3.05) is 20.1 Å². The number of alkyl halides is 2. The lowest BCUT2D eigenvalue weighted by Crippen LogP contribution is -2.44. The van der Waals surface area contributed by atoms with Gasteiger partial charge in [0.2, 0.25) is 5.92 Å². The predicted octanol–water partition coefficient (Wildman–Crippen LogP) is 5.57. The standard InChI is InChI=1S/C21H25ClF2N2O/c1-25-11-15(12-25)26-13-16(20-17(22)3-2-4-18(20)26)19(27)6-5-14-7-9-21(23,24)10-8-14/h2-4,13-15H,5-12H2,1H3. The van der Waals surface area contributed by atoms with Crippen LogP contribution in [0.25, 0.3) is 10.9 Å². The Hall–Kier alpha value is -1.46. The van der Waals surface area contributed by atoms with Gasteiger partial charge in [-0.25, -0.2) is 8.78 Å². The second-order valence-electron chi connectivity index (χ2n) is 8.22. The lowest BCUT2D eigenvalue weighted by atomic mass is 9.83. The van der Waals surface area contributed by atoms with E-state index >= 15 is 0 Å². The first-order valence-corrected chi connectivity index (χ1v) is 10.1. The molecule has 3 nitrogen and oxygen atoms in total. The second kappa shape index (κ2) is 7.17. The lowest BCUT2D eigenvalue weighted by molar-refractivity contribution is -0.0464. The van der Waals surface area contributed by atoms with E-state index in [0.717, 1.165) is 24.0 Å². The van der Waals surface area contributed by atoms with Crippen LogP contribution in [0.2, 0.25) is 5.02 Å². The molecule has 0 bridgehead atoms. The van der Waals surface area contributed by atoms with Gasteiger partial charge in [0.25, 0.3) is 0 Å². The van der Waals surface area contributed by atoms with Crippen LogP contribution in [0.4, 0.5) is 8.78 Å². The number of rotatable bonds is 5. The van der Waals surface area contributed by atoms with Crippen LogP contribution in [0.1, 0.15) is 54.9 Å². The van der Waals surface area contributed by atoms with Crippen LogP contribution < -0.4 is 0 Å². The topological polar surface area (TPSA) is 25.2 Å². The molecule has 0 atom stereocenters. The first-order valence-electron chi connectivity index (χ1n) is 9.73. The van der Waals surface area contributed by atoms with E-state index < -0.39 is 5.92 Å². The molecule has 1 saturated heterocycles. The van der Waals surface area contributed by atoms with Crippen LogP contribution in [0.15, 0.2) is 24.4 Å². The lowest BCUT2D eigenvalue weighted by Gasteiger charge is -2.37. The fourth-order valence-corrected chi connectivity index (χ4v) is 4.75. The van der Waals surface area contributed by atoms with Crippen molar-refractivity contribution in [3.63, 3.8) is 0 Å². The molecule has 1 aliphatic carbocycles. The summed E-state index contributed by atoms with van der Waals surface area (Å²) in [4.78, 5) is 15.2. The molecule has 2 heterocycles. The summed E-state index contributed by atoms with van der Waals surface area (Å²) >= 11 is 6.44. The first kappa shape index (κ1) is 18.9. The van der Waals surface area contributed by atoms with Crippen LogP contribution in [-0.2, 0) is 0 Å².